The maximum Gasteiger partial charge on any atom is 0.335 e. The average Bonchev–Trinajstić information content (AvgIpc) is 2.85. The number of halogens is 1. The van der Waals surface area contributed by atoms with Gasteiger partial charge in [0.15, 0.2) is 0 Å². The van der Waals surface area contributed by atoms with Crippen LogP contribution in [0.3, 0.4) is 0 Å². The Balaban J connectivity index is 1.81. The van der Waals surface area contributed by atoms with Crippen molar-refractivity contribution in [2.45, 2.75) is 19.4 Å². The second kappa shape index (κ2) is 6.57. The fraction of sp³-hybridized carbons (Fsp3) is 0.167. The molecule has 1 aliphatic rings. The molecule has 1 aliphatic heterocycles. The highest BCUT2D eigenvalue weighted by molar-refractivity contribution is 6.32. The van der Waals surface area contributed by atoms with Gasteiger partial charge in [-0.2, -0.15) is 0 Å². The minimum Gasteiger partial charge on any atom is -0.478 e. The number of hydrogen-bond donors (Lipinski definition) is 2. The largest absolute Gasteiger partial charge is 0.478 e. The Morgan fingerprint density at radius 3 is 2.52 bits per heavy atom. The highest BCUT2D eigenvalue weighted by Gasteiger charge is 2.40. The number of carboxylic acids is 1. The zero-order valence-corrected chi connectivity index (χ0v) is 14.1. The van der Waals surface area contributed by atoms with Crippen LogP contribution in [0.15, 0.2) is 42.5 Å². The second-order valence-electron chi connectivity index (χ2n) is 5.73. The summed E-state index contributed by atoms with van der Waals surface area (Å²) in [5, 5.41) is 12.4. The van der Waals surface area contributed by atoms with Crippen molar-refractivity contribution in [2.24, 2.45) is 0 Å². The van der Waals surface area contributed by atoms with Gasteiger partial charge in [-0.15, -0.1) is 0 Å². The standard InChI is InChI=1S/C18H15ClN2O4/c1-10-13(19)3-2-4-15(10)21-16(22)9-14(17(21)23)20-12-7-5-11(6-8-12)18(24)25/h2-8,14,20H,9H2,1H3,(H,24,25). The van der Waals surface area contributed by atoms with E-state index in [-0.39, 0.29) is 23.8 Å². The van der Waals surface area contributed by atoms with Gasteiger partial charge in [-0.3, -0.25) is 9.59 Å². The monoisotopic (exact) mass is 358 g/mol. The molecule has 1 unspecified atom stereocenters. The Kier molecular flexibility index (Phi) is 4.46. The Hall–Kier alpha value is -2.86. The molecule has 0 aromatic heterocycles. The van der Waals surface area contributed by atoms with Gasteiger partial charge in [0.1, 0.15) is 6.04 Å². The molecule has 128 valence electrons. The minimum absolute atomic E-state index is 0.0193. The maximum atomic E-state index is 12.7. The number of aromatic carboxylic acids is 1. The van der Waals surface area contributed by atoms with Crippen molar-refractivity contribution in [3.63, 3.8) is 0 Å². The summed E-state index contributed by atoms with van der Waals surface area (Å²) in [5.41, 5.74) is 1.86. The van der Waals surface area contributed by atoms with E-state index in [0.29, 0.717) is 22.0 Å². The molecule has 0 saturated carbocycles. The molecule has 7 heteroatoms. The summed E-state index contributed by atoms with van der Waals surface area (Å²) in [4.78, 5) is 37.0. The van der Waals surface area contributed by atoms with E-state index in [0.717, 1.165) is 4.90 Å². The molecular formula is C18H15ClN2O4. The van der Waals surface area contributed by atoms with Crippen molar-refractivity contribution in [2.75, 3.05) is 10.2 Å². The van der Waals surface area contributed by atoms with Gasteiger partial charge in [-0.25, -0.2) is 9.69 Å². The lowest BCUT2D eigenvalue weighted by Gasteiger charge is -2.18. The van der Waals surface area contributed by atoms with Crippen LogP contribution in [0.25, 0.3) is 0 Å². The van der Waals surface area contributed by atoms with E-state index >= 15 is 0 Å². The molecule has 25 heavy (non-hydrogen) atoms. The molecule has 1 fully saturated rings. The Morgan fingerprint density at radius 2 is 1.88 bits per heavy atom. The minimum atomic E-state index is -1.03. The molecular weight excluding hydrogens is 344 g/mol. The van der Waals surface area contributed by atoms with Gasteiger partial charge < -0.3 is 10.4 Å². The Morgan fingerprint density at radius 1 is 1.20 bits per heavy atom. The third kappa shape index (κ3) is 3.21. The predicted octanol–water partition coefficient (Wildman–Crippen LogP) is 3.09. The normalized spacial score (nSPS) is 17.0. The van der Waals surface area contributed by atoms with Crippen molar-refractivity contribution < 1.29 is 19.5 Å². The third-order valence-electron chi connectivity index (χ3n) is 4.10. The molecule has 2 aromatic rings. The van der Waals surface area contributed by atoms with Crippen molar-refractivity contribution >= 4 is 40.8 Å². The number of nitrogens with one attached hydrogen (secondary N) is 1. The van der Waals surface area contributed by atoms with Gasteiger partial charge in [0, 0.05) is 10.7 Å². The summed E-state index contributed by atoms with van der Waals surface area (Å²) >= 11 is 6.08. The Bertz CT molecular complexity index is 864. The van der Waals surface area contributed by atoms with Crippen LogP contribution < -0.4 is 10.2 Å². The van der Waals surface area contributed by atoms with Gasteiger partial charge >= 0.3 is 5.97 Å². The van der Waals surface area contributed by atoms with Crippen LogP contribution in [0.5, 0.6) is 0 Å². The van der Waals surface area contributed by atoms with E-state index in [4.69, 9.17) is 16.7 Å². The lowest BCUT2D eigenvalue weighted by molar-refractivity contribution is -0.121. The van der Waals surface area contributed by atoms with Crippen LogP contribution in [0.1, 0.15) is 22.3 Å². The smallest absolute Gasteiger partial charge is 0.335 e. The first-order chi connectivity index (χ1) is 11.9. The predicted molar refractivity (Wildman–Crippen MR) is 94.1 cm³/mol. The van der Waals surface area contributed by atoms with Crippen molar-refractivity contribution in [3.8, 4) is 0 Å². The number of nitrogens with zero attached hydrogens (tertiary/aromatic N) is 1. The van der Waals surface area contributed by atoms with Crippen LogP contribution in [-0.4, -0.2) is 28.9 Å². The highest BCUT2D eigenvalue weighted by atomic mass is 35.5. The van der Waals surface area contributed by atoms with E-state index in [1.54, 1.807) is 37.3 Å². The maximum absolute atomic E-state index is 12.7. The summed E-state index contributed by atoms with van der Waals surface area (Å²) < 4.78 is 0. The number of hydrogen-bond acceptors (Lipinski definition) is 4. The first kappa shape index (κ1) is 17.0. The molecule has 2 aromatic carbocycles. The number of carbonyl (C=O) groups is 3. The topological polar surface area (TPSA) is 86.7 Å². The van der Waals surface area contributed by atoms with E-state index in [1.165, 1.54) is 12.1 Å². The fourth-order valence-electron chi connectivity index (χ4n) is 2.75. The summed E-state index contributed by atoms with van der Waals surface area (Å²) in [6.45, 7) is 1.75. The molecule has 6 nitrogen and oxygen atoms in total. The van der Waals surface area contributed by atoms with Crippen LogP contribution in [-0.2, 0) is 9.59 Å². The van der Waals surface area contributed by atoms with Gasteiger partial charge in [-0.1, -0.05) is 17.7 Å². The number of carbonyl (C=O) groups excluding carboxylic acids is 2. The second-order valence-corrected chi connectivity index (χ2v) is 6.14. The quantitative estimate of drug-likeness (QED) is 0.820. The molecule has 1 heterocycles. The van der Waals surface area contributed by atoms with Crippen molar-refractivity contribution in [3.05, 3.63) is 58.6 Å². The molecule has 0 spiro atoms. The van der Waals surface area contributed by atoms with E-state index in [1.807, 2.05) is 0 Å². The first-order valence-electron chi connectivity index (χ1n) is 7.60. The van der Waals surface area contributed by atoms with Gasteiger partial charge in [0.05, 0.1) is 17.7 Å². The highest BCUT2D eigenvalue weighted by Crippen LogP contribution is 2.31. The van der Waals surface area contributed by atoms with Gasteiger partial charge in [0.2, 0.25) is 5.91 Å². The first-order valence-corrected chi connectivity index (χ1v) is 7.98. The lowest BCUT2D eigenvalue weighted by atomic mass is 10.1. The lowest BCUT2D eigenvalue weighted by Crippen LogP contribution is -2.35. The fourth-order valence-corrected chi connectivity index (χ4v) is 2.92. The third-order valence-corrected chi connectivity index (χ3v) is 4.51. The number of rotatable bonds is 4. The van der Waals surface area contributed by atoms with Crippen LogP contribution in [0, 0.1) is 6.92 Å². The molecule has 0 aliphatic carbocycles. The van der Waals surface area contributed by atoms with Crippen LogP contribution in [0.2, 0.25) is 5.02 Å². The molecule has 1 saturated heterocycles. The van der Waals surface area contributed by atoms with E-state index in [2.05, 4.69) is 5.32 Å². The number of amides is 2. The molecule has 1 atom stereocenters. The van der Waals surface area contributed by atoms with Crippen LogP contribution >= 0.6 is 11.6 Å². The van der Waals surface area contributed by atoms with Crippen LogP contribution in [0.4, 0.5) is 11.4 Å². The summed E-state index contributed by atoms with van der Waals surface area (Å²) in [5.74, 6) is -1.70. The van der Waals surface area contributed by atoms with Gasteiger partial charge in [-0.05, 0) is 48.9 Å². The van der Waals surface area contributed by atoms with E-state index < -0.39 is 12.0 Å². The zero-order chi connectivity index (χ0) is 18.1. The molecule has 0 radical (unpaired) electrons. The summed E-state index contributed by atoms with van der Waals surface area (Å²) in [6.07, 6.45) is 0.0193. The molecule has 3 rings (SSSR count). The van der Waals surface area contributed by atoms with E-state index in [9.17, 15) is 14.4 Å². The summed E-state index contributed by atoms with van der Waals surface area (Å²) in [7, 11) is 0. The number of imide groups is 1. The zero-order valence-electron chi connectivity index (χ0n) is 13.3. The summed E-state index contributed by atoms with van der Waals surface area (Å²) in [6, 6.07) is 10.4. The molecule has 0 bridgehead atoms. The Labute approximate surface area is 149 Å². The number of anilines is 2. The average molecular weight is 359 g/mol. The van der Waals surface area contributed by atoms with Crippen molar-refractivity contribution in [1.29, 1.82) is 0 Å². The molecule has 2 N–H and O–H groups in total. The SMILES string of the molecule is Cc1c(Cl)cccc1N1C(=O)CC(Nc2ccc(C(=O)O)cc2)C1=O. The number of carboxylic acid groups (broad SMARTS) is 1. The number of benzene rings is 2. The van der Waals surface area contributed by atoms with Crippen molar-refractivity contribution in [1.82, 2.24) is 0 Å². The molecule has 2 amide bonds. The van der Waals surface area contributed by atoms with Gasteiger partial charge in [0.25, 0.3) is 5.91 Å².